The highest BCUT2D eigenvalue weighted by atomic mass is 16.4. The van der Waals surface area contributed by atoms with Crippen LogP contribution in [-0.4, -0.2) is 34.3 Å². The van der Waals surface area contributed by atoms with Crippen molar-refractivity contribution in [2.45, 2.75) is 13.3 Å². The van der Waals surface area contributed by atoms with E-state index in [4.69, 9.17) is 10.9 Å². The van der Waals surface area contributed by atoms with Crippen LogP contribution in [0.5, 0.6) is 0 Å². The summed E-state index contributed by atoms with van der Waals surface area (Å²) in [5.41, 5.74) is 6.60. The number of hydrogen-bond donors (Lipinski definition) is 5. The number of allylic oxidation sites excluding steroid dienone is 3. The minimum absolute atomic E-state index is 0. The van der Waals surface area contributed by atoms with E-state index in [9.17, 15) is 9.59 Å². The van der Waals surface area contributed by atoms with Gasteiger partial charge in [0, 0.05) is 30.8 Å². The largest absolute Gasteiger partial charge is 0.478 e. The summed E-state index contributed by atoms with van der Waals surface area (Å²) in [6, 6.07) is 0. The highest BCUT2D eigenvalue weighted by molar-refractivity contribution is 5.89. The molecule has 0 bridgehead atoms. The number of carboxylic acid groups (broad SMARTS) is 1. The quantitative estimate of drug-likeness (QED) is 0.124. The van der Waals surface area contributed by atoms with Crippen molar-refractivity contribution < 1.29 is 25.6 Å². The smallest absolute Gasteiger partial charge is 0.331 e. The molecule has 0 aromatic heterocycles. The third-order valence-electron chi connectivity index (χ3n) is 2.23. The molecule has 1 aliphatic rings. The van der Waals surface area contributed by atoms with Crippen molar-refractivity contribution in [1.29, 1.82) is 0 Å². The topological polar surface area (TPSA) is 192 Å². The number of nitrogens with zero attached hydrogens (tertiary/aromatic N) is 1. The van der Waals surface area contributed by atoms with Gasteiger partial charge in [-0.1, -0.05) is 0 Å². The Morgan fingerprint density at radius 2 is 2.00 bits per heavy atom. The number of carbonyl (C=O) groups excluding carboxylic acids is 1. The van der Waals surface area contributed by atoms with Crippen molar-refractivity contribution in [1.82, 2.24) is 16.2 Å². The second-order valence-corrected chi connectivity index (χ2v) is 3.67. The van der Waals surface area contributed by atoms with Gasteiger partial charge in [-0.2, -0.15) is 5.10 Å². The van der Waals surface area contributed by atoms with Crippen LogP contribution in [0.2, 0.25) is 0 Å². The number of hydrogen-bond acceptors (Lipinski definition) is 5. The van der Waals surface area contributed by atoms with Gasteiger partial charge in [-0.3, -0.25) is 10.2 Å². The predicted molar refractivity (Wildman–Crippen MR) is 76.5 cm³/mol. The number of hydrazine groups is 1. The van der Waals surface area contributed by atoms with Gasteiger partial charge >= 0.3 is 5.97 Å². The lowest BCUT2D eigenvalue weighted by molar-refractivity contribution is -0.132. The first-order chi connectivity index (χ1) is 9.04. The van der Waals surface area contributed by atoms with Crippen LogP contribution < -0.4 is 22.0 Å². The normalized spacial score (nSPS) is 15.2. The lowest BCUT2D eigenvalue weighted by Crippen LogP contribution is -2.28. The first-order valence-corrected chi connectivity index (χ1v) is 5.38. The highest BCUT2D eigenvalue weighted by Gasteiger charge is 2.17. The molecule has 0 unspecified atom stereocenters. The summed E-state index contributed by atoms with van der Waals surface area (Å²) >= 11 is 0. The molecule has 0 heterocycles. The van der Waals surface area contributed by atoms with Gasteiger partial charge in [-0.05, 0) is 17.7 Å². The van der Waals surface area contributed by atoms with Crippen molar-refractivity contribution in [2.24, 2.45) is 10.9 Å². The Morgan fingerprint density at radius 1 is 1.33 bits per heavy atom. The lowest BCUT2D eigenvalue weighted by atomic mass is 9.97. The zero-order valence-corrected chi connectivity index (χ0v) is 11.3. The number of amides is 1. The summed E-state index contributed by atoms with van der Waals surface area (Å²) in [5.74, 6) is 3.66. The second kappa shape index (κ2) is 10.00. The summed E-state index contributed by atoms with van der Waals surface area (Å²) in [5, 5.41) is 14.8. The van der Waals surface area contributed by atoms with Crippen molar-refractivity contribution in [3.63, 3.8) is 0 Å². The maximum atomic E-state index is 11.1. The van der Waals surface area contributed by atoms with E-state index in [1.54, 1.807) is 6.08 Å². The van der Waals surface area contributed by atoms with E-state index in [-0.39, 0.29) is 28.9 Å². The Kier molecular flexibility index (Phi) is 9.75. The highest BCUT2D eigenvalue weighted by Crippen LogP contribution is 2.22. The minimum Gasteiger partial charge on any atom is -0.478 e. The molecule has 0 aromatic carbocycles. The van der Waals surface area contributed by atoms with Gasteiger partial charge in [-0.25, -0.2) is 4.79 Å². The molecule has 0 atom stereocenters. The number of carboxylic acids is 1. The molecule has 1 rings (SSSR count). The van der Waals surface area contributed by atoms with Crippen LogP contribution in [0.1, 0.15) is 13.3 Å². The molecule has 0 aromatic rings. The molecule has 10 heteroatoms. The molecule has 1 aliphatic carbocycles. The fraction of sp³-hybridized carbons (Fsp3) is 0.182. The van der Waals surface area contributed by atoms with Gasteiger partial charge in [0.1, 0.15) is 6.34 Å². The van der Waals surface area contributed by atoms with Crippen molar-refractivity contribution >= 4 is 18.2 Å². The molecular formula is C11H19N5O5. The van der Waals surface area contributed by atoms with E-state index < -0.39 is 5.97 Å². The Bertz CT molecular complexity index is 495. The Morgan fingerprint density at radius 3 is 2.52 bits per heavy atom. The van der Waals surface area contributed by atoms with Gasteiger partial charge in [0.25, 0.3) is 0 Å². The third-order valence-corrected chi connectivity index (χ3v) is 2.23. The van der Waals surface area contributed by atoms with Crippen molar-refractivity contribution in [3.05, 3.63) is 35.2 Å². The van der Waals surface area contributed by atoms with Gasteiger partial charge in [-0.15, -0.1) is 0 Å². The zero-order chi connectivity index (χ0) is 14.3. The molecule has 0 fully saturated rings. The first-order valence-electron chi connectivity index (χ1n) is 5.38. The predicted octanol–water partition coefficient (Wildman–Crippen LogP) is -2.35. The molecule has 21 heavy (non-hydrogen) atoms. The van der Waals surface area contributed by atoms with E-state index in [0.717, 1.165) is 0 Å². The molecule has 0 spiro atoms. The van der Waals surface area contributed by atoms with E-state index in [1.807, 2.05) is 0 Å². The Balaban J connectivity index is 0. The molecule has 10 N–H and O–H groups in total. The van der Waals surface area contributed by atoms with E-state index >= 15 is 0 Å². The third kappa shape index (κ3) is 6.75. The number of rotatable bonds is 5. The van der Waals surface area contributed by atoms with Crippen molar-refractivity contribution in [3.8, 4) is 0 Å². The molecule has 0 saturated carbocycles. The number of hydrazone groups is 1. The maximum absolute atomic E-state index is 11.1. The van der Waals surface area contributed by atoms with Crippen LogP contribution in [0.25, 0.3) is 0 Å². The molecule has 0 aliphatic heterocycles. The van der Waals surface area contributed by atoms with Crippen LogP contribution >= 0.6 is 0 Å². The standard InChI is InChI=1S/C11H15N5O3.2H2O/c1-7(17)16-10-3-2-8(11(18)19)4-9(10)5-14-15-6-13-12;;/h2-3,5-6,14H,4,12H2,1H3,(H,13,15)(H,16,17)(H,18,19);2*1H2. The number of carbonyl (C=O) groups is 2. The van der Waals surface area contributed by atoms with Crippen LogP contribution in [0.15, 0.2) is 40.3 Å². The van der Waals surface area contributed by atoms with E-state index in [2.05, 4.69) is 21.3 Å². The van der Waals surface area contributed by atoms with Gasteiger partial charge in [0.2, 0.25) is 5.91 Å². The maximum Gasteiger partial charge on any atom is 0.331 e. The lowest BCUT2D eigenvalue weighted by Gasteiger charge is -2.17. The SMILES string of the molecule is CC(=O)NC1=CC=C(C(=O)O)CC1=CNNC=NN.O.O. The second-order valence-electron chi connectivity index (χ2n) is 3.67. The summed E-state index contributed by atoms with van der Waals surface area (Å²) in [6.07, 6.45) is 5.93. The molecule has 10 nitrogen and oxygen atoms in total. The molecular weight excluding hydrogens is 282 g/mol. The van der Waals surface area contributed by atoms with E-state index in [0.29, 0.717) is 11.3 Å². The average Bonchev–Trinajstić information content (AvgIpc) is 2.35. The molecule has 118 valence electrons. The van der Waals surface area contributed by atoms with Crippen LogP contribution in [0.4, 0.5) is 0 Å². The van der Waals surface area contributed by atoms with Gasteiger partial charge < -0.3 is 32.6 Å². The summed E-state index contributed by atoms with van der Waals surface area (Å²) < 4.78 is 0. The van der Waals surface area contributed by atoms with Crippen LogP contribution in [0.3, 0.4) is 0 Å². The zero-order valence-electron chi connectivity index (χ0n) is 11.3. The number of nitrogens with one attached hydrogen (secondary N) is 3. The number of aliphatic carboxylic acids is 1. The Labute approximate surface area is 120 Å². The van der Waals surface area contributed by atoms with Crippen LogP contribution in [-0.2, 0) is 9.59 Å². The first kappa shape index (κ1) is 20.5. The van der Waals surface area contributed by atoms with E-state index in [1.165, 1.54) is 25.5 Å². The van der Waals surface area contributed by atoms with Crippen LogP contribution in [0, 0.1) is 0 Å². The molecule has 0 saturated heterocycles. The van der Waals surface area contributed by atoms with Gasteiger partial charge in [0.05, 0.1) is 0 Å². The monoisotopic (exact) mass is 301 g/mol. The van der Waals surface area contributed by atoms with Crippen molar-refractivity contribution in [2.75, 3.05) is 0 Å². The fourth-order valence-corrected chi connectivity index (χ4v) is 1.44. The fourth-order valence-electron chi connectivity index (χ4n) is 1.44. The Hall–Kier alpha value is -2.85. The average molecular weight is 301 g/mol. The summed E-state index contributed by atoms with van der Waals surface area (Å²) in [6.45, 7) is 1.38. The molecule has 1 amide bonds. The summed E-state index contributed by atoms with van der Waals surface area (Å²) in [7, 11) is 0. The van der Waals surface area contributed by atoms with Gasteiger partial charge in [0.15, 0.2) is 0 Å². The minimum atomic E-state index is -1.000. The molecule has 0 radical (unpaired) electrons. The number of nitrogens with two attached hydrogens (primary N) is 1. The summed E-state index contributed by atoms with van der Waals surface area (Å²) in [4.78, 5) is 22.0.